The van der Waals surface area contributed by atoms with E-state index in [1.807, 2.05) is 0 Å². The number of carbonyl (C=O) groups is 1. The van der Waals surface area contributed by atoms with E-state index in [2.05, 4.69) is 25.9 Å². The molecule has 192 valence electrons. The van der Waals surface area contributed by atoms with Crippen LogP contribution >= 0.6 is 0 Å². The second-order valence-corrected chi connectivity index (χ2v) is 10.5. The van der Waals surface area contributed by atoms with Gasteiger partial charge in [-0.15, -0.1) is 0 Å². The topological polar surface area (TPSA) is 29.5 Å². The van der Waals surface area contributed by atoms with Gasteiger partial charge in [0.25, 0.3) is 0 Å². The number of quaternary nitrogens is 1. The van der Waals surface area contributed by atoms with Crippen molar-refractivity contribution in [3.63, 3.8) is 0 Å². The van der Waals surface area contributed by atoms with Crippen molar-refractivity contribution in [3.8, 4) is 0 Å². The van der Waals surface area contributed by atoms with Crippen LogP contribution in [0.5, 0.6) is 0 Å². The van der Waals surface area contributed by atoms with E-state index < -0.39 is 0 Å². The summed E-state index contributed by atoms with van der Waals surface area (Å²) in [4.78, 5) is 14.3. The molecular formula is C27H55BrN2O2. The van der Waals surface area contributed by atoms with Crippen LogP contribution in [-0.2, 0) is 9.53 Å². The number of likely N-dealkylation sites (N-methyl/N-ethyl adjacent to an activating group) is 1. The third kappa shape index (κ3) is 18.3. The van der Waals surface area contributed by atoms with Gasteiger partial charge in [-0.05, 0) is 19.3 Å². The normalized spacial score (nSPS) is 15.0. The number of ether oxygens (including phenoxy) is 1. The molecule has 0 saturated carbocycles. The molecule has 1 rings (SSSR count). The van der Waals surface area contributed by atoms with E-state index in [0.29, 0.717) is 5.91 Å². The Kier molecular flexibility index (Phi) is 21.3. The molecule has 1 aliphatic rings. The maximum Gasteiger partial charge on any atom is 0.226 e. The first kappa shape index (κ1) is 31.9. The Bertz CT molecular complexity index is 432. The quantitative estimate of drug-likeness (QED) is 0.180. The minimum Gasteiger partial charge on any atom is -1.00 e. The number of unbranched alkanes of at least 4 members (excludes halogenated alkanes) is 13. The summed E-state index contributed by atoms with van der Waals surface area (Å²) in [6.45, 7) is 6.70. The number of hydrogen-bond acceptors (Lipinski definition) is 2. The van der Waals surface area contributed by atoms with Gasteiger partial charge in [0.15, 0.2) is 6.67 Å². The van der Waals surface area contributed by atoms with Gasteiger partial charge in [-0.3, -0.25) is 9.69 Å². The van der Waals surface area contributed by atoms with Gasteiger partial charge in [0, 0.05) is 19.6 Å². The summed E-state index contributed by atoms with van der Waals surface area (Å²) in [5.74, 6) is 0.340. The first-order valence-electron chi connectivity index (χ1n) is 13.7. The Hall–Kier alpha value is -0.130. The summed E-state index contributed by atoms with van der Waals surface area (Å²) in [7, 11) is 4.43. The van der Waals surface area contributed by atoms with Crippen molar-refractivity contribution in [3.05, 3.63) is 0 Å². The lowest BCUT2D eigenvalue weighted by molar-refractivity contribution is -0.899. The molecule has 0 radical (unpaired) electrons. The number of rotatable bonds is 20. The highest BCUT2D eigenvalue weighted by atomic mass is 79.9. The van der Waals surface area contributed by atoms with Gasteiger partial charge in [-0.2, -0.15) is 0 Å². The van der Waals surface area contributed by atoms with Gasteiger partial charge in [-0.25, -0.2) is 0 Å². The van der Waals surface area contributed by atoms with Crippen LogP contribution in [0.2, 0.25) is 0 Å². The molecule has 1 heterocycles. The molecule has 0 spiro atoms. The lowest BCUT2D eigenvalue weighted by Gasteiger charge is -2.35. The second-order valence-electron chi connectivity index (χ2n) is 10.5. The Morgan fingerprint density at radius 2 is 1.28 bits per heavy atom. The van der Waals surface area contributed by atoms with Gasteiger partial charge in [0.1, 0.15) is 6.54 Å². The fraction of sp³-hybridized carbons (Fsp3) is 0.963. The van der Waals surface area contributed by atoms with Crippen molar-refractivity contribution in [1.29, 1.82) is 0 Å². The molecule has 0 aromatic carbocycles. The Morgan fingerprint density at radius 1 is 0.750 bits per heavy atom. The monoisotopic (exact) mass is 518 g/mol. The molecule has 1 fully saturated rings. The van der Waals surface area contributed by atoms with Crippen molar-refractivity contribution in [2.24, 2.45) is 0 Å². The first-order chi connectivity index (χ1) is 15.0. The van der Waals surface area contributed by atoms with E-state index in [1.165, 1.54) is 96.3 Å². The van der Waals surface area contributed by atoms with Crippen LogP contribution in [-0.4, -0.2) is 62.4 Å². The van der Waals surface area contributed by atoms with Crippen LogP contribution in [0.1, 0.15) is 122 Å². The second kappa shape index (κ2) is 21.4. The highest BCUT2D eigenvalue weighted by molar-refractivity contribution is 5.76. The van der Waals surface area contributed by atoms with E-state index in [9.17, 15) is 4.79 Å². The molecular weight excluding hydrogens is 464 g/mol. The van der Waals surface area contributed by atoms with Gasteiger partial charge in [-0.1, -0.05) is 96.8 Å². The molecule has 0 aromatic rings. The Balaban J connectivity index is 0.00000961. The third-order valence-corrected chi connectivity index (χ3v) is 6.71. The van der Waals surface area contributed by atoms with Crippen molar-refractivity contribution in [2.45, 2.75) is 122 Å². The lowest BCUT2D eigenvalue weighted by Crippen LogP contribution is -3.00. The summed E-state index contributed by atoms with van der Waals surface area (Å²) >= 11 is 0. The molecule has 0 aromatic heterocycles. The van der Waals surface area contributed by atoms with Gasteiger partial charge in [0.05, 0.1) is 20.7 Å². The number of nitrogens with zero attached hydrogens (tertiary/aromatic N) is 2. The molecule has 0 aliphatic carbocycles. The average molecular weight is 520 g/mol. The molecule has 1 aliphatic heterocycles. The zero-order valence-electron chi connectivity index (χ0n) is 21.9. The SMILES string of the molecule is CCCCCCCCCCCCCCCCOCC[N+](C)(C)CN1CCCCCC1=O.[Br-]. The van der Waals surface area contributed by atoms with E-state index in [1.54, 1.807) is 0 Å². The zero-order valence-corrected chi connectivity index (χ0v) is 23.4. The van der Waals surface area contributed by atoms with Crippen LogP contribution in [0, 0.1) is 0 Å². The number of amides is 1. The third-order valence-electron chi connectivity index (χ3n) is 6.71. The summed E-state index contributed by atoms with van der Waals surface area (Å²) in [6, 6.07) is 0. The predicted molar refractivity (Wildman–Crippen MR) is 133 cm³/mol. The first-order valence-corrected chi connectivity index (χ1v) is 13.7. The summed E-state index contributed by atoms with van der Waals surface area (Å²) < 4.78 is 6.74. The zero-order chi connectivity index (χ0) is 22.6. The number of likely N-dealkylation sites (tertiary alicyclic amines) is 1. The summed E-state index contributed by atoms with van der Waals surface area (Å²) in [6.07, 6.45) is 23.7. The van der Waals surface area contributed by atoms with E-state index in [-0.39, 0.29) is 17.0 Å². The van der Waals surface area contributed by atoms with Gasteiger partial charge < -0.3 is 26.2 Å². The molecule has 4 nitrogen and oxygen atoms in total. The van der Waals surface area contributed by atoms with E-state index >= 15 is 0 Å². The van der Waals surface area contributed by atoms with Crippen LogP contribution in [0.25, 0.3) is 0 Å². The molecule has 0 bridgehead atoms. The van der Waals surface area contributed by atoms with Crippen molar-refractivity contribution >= 4 is 5.91 Å². The van der Waals surface area contributed by atoms with Crippen molar-refractivity contribution in [2.75, 3.05) is 47.1 Å². The minimum atomic E-state index is 0. The molecule has 0 N–H and O–H groups in total. The lowest BCUT2D eigenvalue weighted by atomic mass is 10.0. The summed E-state index contributed by atoms with van der Waals surface area (Å²) in [5, 5.41) is 0. The number of hydrogen-bond donors (Lipinski definition) is 0. The van der Waals surface area contributed by atoms with E-state index in [4.69, 9.17) is 4.74 Å². The van der Waals surface area contributed by atoms with Crippen molar-refractivity contribution < 1.29 is 31.0 Å². The number of carbonyl (C=O) groups excluding carboxylic acids is 1. The van der Waals surface area contributed by atoms with E-state index in [0.717, 1.165) is 56.7 Å². The van der Waals surface area contributed by atoms with Crippen LogP contribution < -0.4 is 17.0 Å². The highest BCUT2D eigenvalue weighted by Gasteiger charge is 2.24. The molecule has 32 heavy (non-hydrogen) atoms. The van der Waals surface area contributed by atoms with Gasteiger partial charge >= 0.3 is 0 Å². The maximum atomic E-state index is 12.2. The maximum absolute atomic E-state index is 12.2. The van der Waals surface area contributed by atoms with Gasteiger partial charge in [0.2, 0.25) is 5.91 Å². The van der Waals surface area contributed by atoms with Crippen molar-refractivity contribution in [1.82, 2.24) is 4.90 Å². The molecule has 0 unspecified atom stereocenters. The molecule has 1 amide bonds. The fourth-order valence-electron chi connectivity index (χ4n) is 4.53. The van der Waals surface area contributed by atoms with Crippen LogP contribution in [0.15, 0.2) is 0 Å². The number of halogens is 1. The van der Waals surface area contributed by atoms with Crippen LogP contribution in [0.4, 0.5) is 0 Å². The average Bonchev–Trinajstić information content (AvgIpc) is 2.94. The molecule has 0 atom stereocenters. The minimum absolute atomic E-state index is 0. The molecule has 5 heteroatoms. The fourth-order valence-corrected chi connectivity index (χ4v) is 4.53. The van der Waals surface area contributed by atoms with Crippen LogP contribution in [0.3, 0.4) is 0 Å². The Morgan fingerprint density at radius 3 is 1.84 bits per heavy atom. The largest absolute Gasteiger partial charge is 1.00 e. The smallest absolute Gasteiger partial charge is 0.226 e. The highest BCUT2D eigenvalue weighted by Crippen LogP contribution is 2.14. The predicted octanol–water partition coefficient (Wildman–Crippen LogP) is 3.92. The standard InChI is InChI=1S/C27H55N2O2.BrH/c1-4-5-6-7-8-9-10-11-12-13-14-15-16-20-24-31-25-23-29(2,3)26-28-22-19-17-18-21-27(28)30;/h4-26H2,1-3H3;1H/q+1;/p-1. The molecule has 1 saturated heterocycles. The Labute approximate surface area is 211 Å². The summed E-state index contributed by atoms with van der Waals surface area (Å²) in [5.41, 5.74) is 0.